The Hall–Kier alpha value is -1.62. The van der Waals surface area contributed by atoms with Crippen molar-refractivity contribution in [3.63, 3.8) is 0 Å². The molecule has 0 unspecified atom stereocenters. The fourth-order valence-electron chi connectivity index (χ4n) is 1.38. The highest BCUT2D eigenvalue weighted by atomic mass is 79.9. The fraction of sp³-hybridized carbons (Fsp3) is 0.0833. The van der Waals surface area contributed by atoms with E-state index < -0.39 is 11.6 Å². The minimum Gasteiger partial charge on any atom is -0.497 e. The highest BCUT2D eigenvalue weighted by Gasteiger charge is 2.17. The number of methoxy groups -OCH3 is 1. The normalized spacial score (nSPS) is 10.3. The number of ether oxygens (including phenoxy) is 1. The van der Waals surface area contributed by atoms with Crippen molar-refractivity contribution in [1.29, 1.82) is 0 Å². The first kappa shape index (κ1) is 11.9. The lowest BCUT2D eigenvalue weighted by molar-refractivity contribution is 0.100. The van der Waals surface area contributed by atoms with Gasteiger partial charge < -0.3 is 9.15 Å². The quantitative estimate of drug-likeness (QED) is 0.815. The average Bonchev–Trinajstić information content (AvgIpc) is 2.75. The van der Waals surface area contributed by atoms with Gasteiger partial charge in [0, 0.05) is 6.07 Å². The van der Waals surface area contributed by atoms with Gasteiger partial charge in [-0.05, 0) is 40.2 Å². The van der Waals surface area contributed by atoms with Crippen LogP contribution in [0.4, 0.5) is 4.39 Å². The van der Waals surface area contributed by atoms with Gasteiger partial charge in [0.15, 0.2) is 10.4 Å². The molecular weight excluding hydrogens is 291 g/mol. The van der Waals surface area contributed by atoms with Crippen LogP contribution in [0.15, 0.2) is 39.4 Å². The number of carbonyl (C=O) groups excluding carboxylic acids is 1. The minimum absolute atomic E-state index is 0.0485. The molecule has 17 heavy (non-hydrogen) atoms. The van der Waals surface area contributed by atoms with Crippen LogP contribution in [0.25, 0.3) is 0 Å². The second-order valence-corrected chi connectivity index (χ2v) is 4.06. The Kier molecular flexibility index (Phi) is 3.28. The summed E-state index contributed by atoms with van der Waals surface area (Å²) in [6.07, 6.45) is 0. The molecule has 2 rings (SSSR count). The summed E-state index contributed by atoms with van der Waals surface area (Å²) in [4.78, 5) is 11.9. The van der Waals surface area contributed by atoms with Crippen LogP contribution in [0.5, 0.6) is 5.75 Å². The molecule has 1 heterocycles. The molecule has 0 aliphatic rings. The molecule has 0 fully saturated rings. The molecular formula is C12H8BrFO3. The van der Waals surface area contributed by atoms with E-state index in [9.17, 15) is 9.18 Å². The van der Waals surface area contributed by atoms with Crippen molar-refractivity contribution in [2.75, 3.05) is 7.11 Å². The van der Waals surface area contributed by atoms with E-state index in [-0.39, 0.29) is 11.3 Å². The Balaban J connectivity index is 2.37. The Morgan fingerprint density at radius 3 is 2.65 bits per heavy atom. The third-order valence-corrected chi connectivity index (χ3v) is 2.64. The monoisotopic (exact) mass is 298 g/mol. The predicted molar refractivity (Wildman–Crippen MR) is 62.8 cm³/mol. The van der Waals surface area contributed by atoms with Crippen molar-refractivity contribution in [2.24, 2.45) is 0 Å². The van der Waals surface area contributed by atoms with Crippen LogP contribution in [0.1, 0.15) is 16.1 Å². The first-order valence-electron chi connectivity index (χ1n) is 4.75. The molecule has 0 bridgehead atoms. The summed E-state index contributed by atoms with van der Waals surface area (Å²) in [6.45, 7) is 0. The number of rotatable bonds is 3. The van der Waals surface area contributed by atoms with Crippen LogP contribution in [-0.2, 0) is 0 Å². The summed E-state index contributed by atoms with van der Waals surface area (Å²) in [7, 11) is 1.43. The van der Waals surface area contributed by atoms with E-state index in [1.165, 1.54) is 25.3 Å². The zero-order chi connectivity index (χ0) is 12.4. The highest BCUT2D eigenvalue weighted by Crippen LogP contribution is 2.21. The zero-order valence-corrected chi connectivity index (χ0v) is 10.5. The van der Waals surface area contributed by atoms with Gasteiger partial charge in [-0.2, -0.15) is 0 Å². The van der Waals surface area contributed by atoms with E-state index in [4.69, 9.17) is 9.15 Å². The number of ketones is 1. The molecule has 0 saturated heterocycles. The molecule has 2 aromatic rings. The second kappa shape index (κ2) is 4.71. The number of halogens is 2. The molecule has 0 radical (unpaired) electrons. The average molecular weight is 299 g/mol. The lowest BCUT2D eigenvalue weighted by Gasteiger charge is -2.03. The van der Waals surface area contributed by atoms with Gasteiger partial charge in [-0.3, -0.25) is 4.79 Å². The molecule has 1 aromatic carbocycles. The van der Waals surface area contributed by atoms with Crippen LogP contribution < -0.4 is 4.74 Å². The van der Waals surface area contributed by atoms with Crippen molar-refractivity contribution in [1.82, 2.24) is 0 Å². The molecule has 0 saturated carbocycles. The van der Waals surface area contributed by atoms with Crippen LogP contribution in [0.2, 0.25) is 0 Å². The molecule has 0 atom stereocenters. The number of hydrogen-bond donors (Lipinski definition) is 0. The molecule has 0 N–H and O–H groups in total. The van der Waals surface area contributed by atoms with Crippen LogP contribution >= 0.6 is 15.9 Å². The Bertz CT molecular complexity index is 563. The highest BCUT2D eigenvalue weighted by molar-refractivity contribution is 9.10. The summed E-state index contributed by atoms with van der Waals surface area (Å²) in [5.74, 6) is -0.696. The van der Waals surface area contributed by atoms with Crippen LogP contribution in [0, 0.1) is 5.82 Å². The van der Waals surface area contributed by atoms with Gasteiger partial charge in [-0.1, -0.05) is 0 Å². The Morgan fingerprint density at radius 1 is 1.35 bits per heavy atom. The Morgan fingerprint density at radius 2 is 2.12 bits per heavy atom. The topological polar surface area (TPSA) is 39.4 Å². The maximum Gasteiger partial charge on any atom is 0.231 e. The summed E-state index contributed by atoms with van der Waals surface area (Å²) in [5, 5.41) is 0. The smallest absolute Gasteiger partial charge is 0.231 e. The van der Waals surface area contributed by atoms with Gasteiger partial charge >= 0.3 is 0 Å². The van der Waals surface area contributed by atoms with Crippen molar-refractivity contribution < 1.29 is 18.3 Å². The maximum atomic E-state index is 13.6. The summed E-state index contributed by atoms with van der Waals surface area (Å²) in [6, 6.07) is 7.11. The summed E-state index contributed by atoms with van der Waals surface area (Å²) >= 11 is 3.08. The number of furan rings is 1. The van der Waals surface area contributed by atoms with E-state index in [1.807, 2.05) is 0 Å². The Labute approximate surface area is 105 Å². The standard InChI is InChI=1S/C12H8BrFO3/c1-16-7-2-3-8(9(14)6-7)12(15)10-4-5-11(13)17-10/h2-6H,1H3. The largest absolute Gasteiger partial charge is 0.497 e. The second-order valence-electron chi connectivity index (χ2n) is 3.28. The van der Waals surface area contributed by atoms with Gasteiger partial charge in [0.1, 0.15) is 11.6 Å². The van der Waals surface area contributed by atoms with Crippen molar-refractivity contribution in [3.8, 4) is 5.75 Å². The van der Waals surface area contributed by atoms with Gasteiger partial charge in [0.05, 0.1) is 12.7 Å². The van der Waals surface area contributed by atoms with Crippen LogP contribution in [-0.4, -0.2) is 12.9 Å². The third kappa shape index (κ3) is 2.39. The molecule has 0 spiro atoms. The predicted octanol–water partition coefficient (Wildman–Crippen LogP) is 3.42. The van der Waals surface area contributed by atoms with E-state index in [0.717, 1.165) is 6.07 Å². The van der Waals surface area contributed by atoms with Crippen molar-refractivity contribution >= 4 is 21.7 Å². The van der Waals surface area contributed by atoms with Crippen molar-refractivity contribution in [3.05, 3.63) is 52.1 Å². The van der Waals surface area contributed by atoms with E-state index >= 15 is 0 Å². The third-order valence-electron chi connectivity index (χ3n) is 2.22. The summed E-state index contributed by atoms with van der Waals surface area (Å²) in [5.41, 5.74) is -0.0485. The fourth-order valence-corrected chi connectivity index (χ4v) is 1.68. The van der Waals surface area contributed by atoms with Gasteiger partial charge in [0.25, 0.3) is 0 Å². The van der Waals surface area contributed by atoms with E-state index in [1.54, 1.807) is 6.07 Å². The lowest BCUT2D eigenvalue weighted by Crippen LogP contribution is -2.03. The van der Waals surface area contributed by atoms with Gasteiger partial charge in [-0.15, -0.1) is 0 Å². The molecule has 0 aliphatic heterocycles. The minimum atomic E-state index is -0.637. The number of benzene rings is 1. The molecule has 5 heteroatoms. The SMILES string of the molecule is COc1ccc(C(=O)c2ccc(Br)o2)c(F)c1. The molecule has 3 nitrogen and oxygen atoms in total. The van der Waals surface area contributed by atoms with Gasteiger partial charge in [0.2, 0.25) is 5.78 Å². The van der Waals surface area contributed by atoms with Crippen molar-refractivity contribution in [2.45, 2.75) is 0 Å². The molecule has 1 aromatic heterocycles. The first-order valence-corrected chi connectivity index (χ1v) is 5.54. The number of hydrogen-bond acceptors (Lipinski definition) is 3. The maximum absolute atomic E-state index is 13.6. The summed E-state index contributed by atoms with van der Waals surface area (Å²) < 4.78 is 24.0. The first-order chi connectivity index (χ1) is 8.11. The zero-order valence-electron chi connectivity index (χ0n) is 8.87. The van der Waals surface area contributed by atoms with E-state index in [0.29, 0.717) is 10.4 Å². The molecule has 0 amide bonds. The molecule has 0 aliphatic carbocycles. The van der Waals surface area contributed by atoms with Gasteiger partial charge in [-0.25, -0.2) is 4.39 Å². The molecule has 88 valence electrons. The number of carbonyl (C=O) groups is 1. The van der Waals surface area contributed by atoms with Crippen LogP contribution in [0.3, 0.4) is 0 Å². The lowest BCUT2D eigenvalue weighted by atomic mass is 10.1. The van der Waals surface area contributed by atoms with E-state index in [2.05, 4.69) is 15.9 Å².